The van der Waals surface area contributed by atoms with E-state index in [0.717, 1.165) is 6.42 Å². The number of hydrogen-bond acceptors (Lipinski definition) is 3. The van der Waals surface area contributed by atoms with Gasteiger partial charge in [0, 0.05) is 23.6 Å². The number of amides is 1. The van der Waals surface area contributed by atoms with Crippen molar-refractivity contribution in [1.29, 1.82) is 0 Å². The van der Waals surface area contributed by atoms with E-state index in [9.17, 15) is 9.59 Å². The highest BCUT2D eigenvalue weighted by Gasteiger charge is 2.46. The Morgan fingerprint density at radius 3 is 2.76 bits per heavy atom. The minimum absolute atomic E-state index is 0.0636. The van der Waals surface area contributed by atoms with Crippen LogP contribution < -0.4 is 16.6 Å². The maximum atomic E-state index is 11.9. The van der Waals surface area contributed by atoms with Gasteiger partial charge in [0.15, 0.2) is 0 Å². The monoisotopic (exact) mass is 235 g/mol. The first-order chi connectivity index (χ1) is 7.91. The lowest BCUT2D eigenvalue weighted by molar-refractivity contribution is 0.0583. The van der Waals surface area contributed by atoms with Gasteiger partial charge in [-0.05, 0) is 12.5 Å². The third kappa shape index (κ3) is 2.10. The van der Waals surface area contributed by atoms with Crippen LogP contribution in [0.15, 0.2) is 23.0 Å². The molecule has 2 unspecified atom stereocenters. The zero-order valence-corrected chi connectivity index (χ0v) is 9.99. The van der Waals surface area contributed by atoms with Gasteiger partial charge in [0.2, 0.25) is 5.56 Å². The van der Waals surface area contributed by atoms with E-state index in [2.05, 4.69) is 10.3 Å². The van der Waals surface area contributed by atoms with Gasteiger partial charge in [0.05, 0.1) is 0 Å². The SMILES string of the molecule is CC1(C)C(N)CC1NC(=O)c1cccc(=O)[nH]1. The number of aromatic amines is 1. The minimum Gasteiger partial charge on any atom is -0.347 e. The summed E-state index contributed by atoms with van der Waals surface area (Å²) in [4.78, 5) is 25.5. The number of aromatic nitrogens is 1. The zero-order chi connectivity index (χ0) is 12.6. The second kappa shape index (κ2) is 4.00. The quantitative estimate of drug-likeness (QED) is 0.685. The molecule has 0 spiro atoms. The molecule has 0 bridgehead atoms. The van der Waals surface area contributed by atoms with Crippen molar-refractivity contribution >= 4 is 5.91 Å². The van der Waals surface area contributed by atoms with Crippen LogP contribution in [0.5, 0.6) is 0 Å². The van der Waals surface area contributed by atoms with Crippen molar-refractivity contribution in [2.75, 3.05) is 0 Å². The van der Waals surface area contributed by atoms with Crippen LogP contribution in [-0.2, 0) is 0 Å². The van der Waals surface area contributed by atoms with Gasteiger partial charge in [-0.25, -0.2) is 0 Å². The predicted molar refractivity (Wildman–Crippen MR) is 64.7 cm³/mol. The Bertz CT molecular complexity index is 493. The third-order valence-electron chi connectivity index (χ3n) is 3.66. The number of nitrogens with two attached hydrogens (primary N) is 1. The lowest BCUT2D eigenvalue weighted by atomic mass is 9.63. The lowest BCUT2D eigenvalue weighted by Gasteiger charge is -2.50. The van der Waals surface area contributed by atoms with E-state index in [-0.39, 0.29) is 34.7 Å². The van der Waals surface area contributed by atoms with Crippen molar-refractivity contribution in [2.24, 2.45) is 11.1 Å². The van der Waals surface area contributed by atoms with Gasteiger partial charge in [-0.1, -0.05) is 19.9 Å². The van der Waals surface area contributed by atoms with Gasteiger partial charge in [-0.2, -0.15) is 0 Å². The molecule has 92 valence electrons. The molecule has 2 rings (SSSR count). The first-order valence-corrected chi connectivity index (χ1v) is 5.67. The van der Waals surface area contributed by atoms with Crippen LogP contribution in [0.25, 0.3) is 0 Å². The number of carbonyl (C=O) groups is 1. The molecule has 5 heteroatoms. The van der Waals surface area contributed by atoms with Gasteiger partial charge in [0.25, 0.3) is 5.91 Å². The highest BCUT2D eigenvalue weighted by molar-refractivity contribution is 5.92. The molecule has 1 amide bonds. The first kappa shape index (κ1) is 11.9. The lowest BCUT2D eigenvalue weighted by Crippen LogP contribution is -2.64. The Hall–Kier alpha value is -1.62. The molecule has 2 atom stereocenters. The van der Waals surface area contributed by atoms with E-state index < -0.39 is 0 Å². The number of nitrogens with one attached hydrogen (secondary N) is 2. The van der Waals surface area contributed by atoms with Crippen LogP contribution >= 0.6 is 0 Å². The van der Waals surface area contributed by atoms with Crippen LogP contribution in [0.3, 0.4) is 0 Å². The Morgan fingerprint density at radius 1 is 1.53 bits per heavy atom. The van der Waals surface area contributed by atoms with Crippen molar-refractivity contribution < 1.29 is 4.79 Å². The number of rotatable bonds is 2. The normalized spacial score (nSPS) is 26.1. The second-order valence-electron chi connectivity index (χ2n) is 5.12. The molecule has 0 radical (unpaired) electrons. The van der Waals surface area contributed by atoms with Gasteiger partial charge < -0.3 is 16.0 Å². The smallest absolute Gasteiger partial charge is 0.268 e. The molecule has 0 aromatic carbocycles. The largest absolute Gasteiger partial charge is 0.347 e. The van der Waals surface area contributed by atoms with Crippen LogP contribution in [0.1, 0.15) is 30.8 Å². The number of hydrogen-bond donors (Lipinski definition) is 3. The molecule has 0 aliphatic heterocycles. The summed E-state index contributed by atoms with van der Waals surface area (Å²) in [6, 6.07) is 4.70. The van der Waals surface area contributed by atoms with Crippen LogP contribution in [0.4, 0.5) is 0 Å². The molecule has 1 saturated carbocycles. The molecule has 5 nitrogen and oxygen atoms in total. The molecule has 1 heterocycles. The maximum absolute atomic E-state index is 11.9. The van der Waals surface area contributed by atoms with Crippen molar-refractivity contribution in [3.05, 3.63) is 34.2 Å². The summed E-state index contributed by atoms with van der Waals surface area (Å²) >= 11 is 0. The summed E-state index contributed by atoms with van der Waals surface area (Å²) < 4.78 is 0. The zero-order valence-electron chi connectivity index (χ0n) is 9.99. The fourth-order valence-corrected chi connectivity index (χ4v) is 2.02. The fraction of sp³-hybridized carbons (Fsp3) is 0.500. The molecular weight excluding hydrogens is 218 g/mol. The van der Waals surface area contributed by atoms with Crippen molar-refractivity contribution in [2.45, 2.75) is 32.4 Å². The van der Waals surface area contributed by atoms with Crippen LogP contribution in [0.2, 0.25) is 0 Å². The van der Waals surface area contributed by atoms with Crippen molar-refractivity contribution in [3.63, 3.8) is 0 Å². The number of H-pyrrole nitrogens is 1. The topological polar surface area (TPSA) is 88.0 Å². The first-order valence-electron chi connectivity index (χ1n) is 5.67. The number of carbonyl (C=O) groups excluding carboxylic acids is 1. The predicted octanol–water partition coefficient (Wildman–Crippen LogP) is 0.230. The second-order valence-corrected chi connectivity index (χ2v) is 5.12. The average molecular weight is 235 g/mol. The van der Waals surface area contributed by atoms with E-state index in [0.29, 0.717) is 0 Å². The van der Waals surface area contributed by atoms with E-state index in [1.54, 1.807) is 12.1 Å². The molecule has 1 aromatic heterocycles. The van der Waals surface area contributed by atoms with E-state index in [1.165, 1.54) is 6.07 Å². The molecule has 1 fully saturated rings. The summed E-state index contributed by atoms with van der Waals surface area (Å²) in [5, 5.41) is 2.89. The molecule has 17 heavy (non-hydrogen) atoms. The molecular formula is C12H17N3O2. The summed E-state index contributed by atoms with van der Waals surface area (Å²) in [7, 11) is 0. The highest BCUT2D eigenvalue weighted by atomic mass is 16.2. The van der Waals surface area contributed by atoms with Crippen LogP contribution in [-0.4, -0.2) is 23.0 Å². The molecule has 1 aromatic rings. The molecule has 0 saturated heterocycles. The summed E-state index contributed by atoms with van der Waals surface area (Å²) in [5.41, 5.74) is 5.79. The molecule has 1 aliphatic rings. The fourth-order valence-electron chi connectivity index (χ4n) is 2.02. The van der Waals surface area contributed by atoms with Crippen molar-refractivity contribution in [3.8, 4) is 0 Å². The molecule has 4 N–H and O–H groups in total. The summed E-state index contributed by atoms with van der Waals surface area (Å²) in [6.45, 7) is 4.06. The van der Waals surface area contributed by atoms with Gasteiger partial charge in [-0.15, -0.1) is 0 Å². The van der Waals surface area contributed by atoms with Crippen molar-refractivity contribution in [1.82, 2.24) is 10.3 Å². The standard InChI is InChI=1S/C12H17N3O2/c1-12(2)8(13)6-9(12)15-11(17)7-4-3-5-10(16)14-7/h3-5,8-9H,6,13H2,1-2H3,(H,14,16)(H,15,17). The Balaban J connectivity index is 2.06. The average Bonchev–Trinajstić information content (AvgIpc) is 2.28. The van der Waals surface area contributed by atoms with Gasteiger partial charge in [-0.3, -0.25) is 9.59 Å². The number of pyridine rings is 1. The Kier molecular flexibility index (Phi) is 2.79. The van der Waals surface area contributed by atoms with E-state index >= 15 is 0 Å². The van der Waals surface area contributed by atoms with Gasteiger partial charge >= 0.3 is 0 Å². The van der Waals surface area contributed by atoms with E-state index in [4.69, 9.17) is 5.73 Å². The van der Waals surface area contributed by atoms with E-state index in [1.807, 2.05) is 13.8 Å². The van der Waals surface area contributed by atoms with Gasteiger partial charge in [0.1, 0.15) is 5.69 Å². The highest BCUT2D eigenvalue weighted by Crippen LogP contribution is 2.39. The molecule has 1 aliphatic carbocycles. The Labute approximate surface area is 99.4 Å². The summed E-state index contributed by atoms with van der Waals surface area (Å²) in [5.74, 6) is -0.257. The Morgan fingerprint density at radius 2 is 2.24 bits per heavy atom. The maximum Gasteiger partial charge on any atom is 0.268 e. The third-order valence-corrected chi connectivity index (χ3v) is 3.66. The summed E-state index contributed by atoms with van der Waals surface area (Å²) in [6.07, 6.45) is 0.774. The minimum atomic E-state index is -0.276. The van der Waals surface area contributed by atoms with Crippen LogP contribution in [0, 0.1) is 5.41 Å².